The van der Waals surface area contributed by atoms with Gasteiger partial charge < -0.3 is 0 Å². The molecule has 3 heteroatoms. The van der Waals surface area contributed by atoms with Crippen molar-refractivity contribution in [2.75, 3.05) is 6.54 Å². The molecule has 2 heterocycles. The Bertz CT molecular complexity index is 201. The van der Waals surface area contributed by atoms with E-state index in [1.165, 1.54) is 25.7 Å². The Labute approximate surface area is 60.1 Å². The number of hydrogen-bond donors (Lipinski definition) is 0. The van der Waals surface area contributed by atoms with Crippen LogP contribution < -0.4 is 0 Å². The molecule has 2 unspecified atom stereocenters. The molecule has 3 rings (SSSR count). The van der Waals surface area contributed by atoms with Gasteiger partial charge in [0.05, 0.1) is 12.6 Å². The maximum absolute atomic E-state index is 4.10. The van der Waals surface area contributed by atoms with Gasteiger partial charge in [-0.15, -0.1) is 0 Å². The van der Waals surface area contributed by atoms with Crippen molar-refractivity contribution in [1.82, 2.24) is 5.01 Å². The maximum atomic E-state index is 4.10. The van der Waals surface area contributed by atoms with Crippen LogP contribution in [0.5, 0.6) is 0 Å². The molecule has 1 aliphatic carbocycles. The third-order valence-electron chi connectivity index (χ3n) is 3.15. The number of fused-ring (bicyclic) bond motifs is 1. The molecule has 0 amide bonds. The first-order valence-corrected chi connectivity index (χ1v) is 4.10. The van der Waals surface area contributed by atoms with E-state index in [1.54, 1.807) is 0 Å². The fourth-order valence-corrected chi connectivity index (χ4v) is 2.49. The molecule has 0 bridgehead atoms. The van der Waals surface area contributed by atoms with Crippen LogP contribution >= 0.6 is 0 Å². The molecule has 0 aromatic carbocycles. The summed E-state index contributed by atoms with van der Waals surface area (Å²) in [6.07, 6.45) is 5.49. The van der Waals surface area contributed by atoms with Gasteiger partial charge in [0.1, 0.15) is 5.54 Å². The summed E-state index contributed by atoms with van der Waals surface area (Å²) < 4.78 is 0. The number of hydrogen-bond acceptors (Lipinski definition) is 3. The monoisotopic (exact) mass is 137 g/mol. The van der Waals surface area contributed by atoms with Crippen LogP contribution in [0, 0.1) is 0 Å². The molecule has 0 radical (unpaired) electrons. The van der Waals surface area contributed by atoms with Crippen LogP contribution in [0.3, 0.4) is 0 Å². The molecule has 2 aliphatic heterocycles. The fourth-order valence-electron chi connectivity index (χ4n) is 2.49. The summed E-state index contributed by atoms with van der Waals surface area (Å²) >= 11 is 0. The lowest BCUT2D eigenvalue weighted by Crippen LogP contribution is -2.22. The van der Waals surface area contributed by atoms with Gasteiger partial charge in [-0.05, 0) is 12.8 Å². The Morgan fingerprint density at radius 3 is 3.30 bits per heavy atom. The SMILES string of the molecule is C1CCC23CN=NN2C3C1. The minimum atomic E-state index is 0.457. The molecule has 3 nitrogen and oxygen atoms in total. The summed E-state index contributed by atoms with van der Waals surface area (Å²) in [6, 6.07) is 0.791. The molecule has 10 heavy (non-hydrogen) atoms. The molecular weight excluding hydrogens is 126 g/mol. The number of nitrogens with zero attached hydrogens (tertiary/aromatic N) is 3. The fraction of sp³-hybridized carbons (Fsp3) is 1.00. The molecule has 2 atom stereocenters. The highest BCUT2D eigenvalue weighted by atomic mass is 15.7. The van der Waals surface area contributed by atoms with Gasteiger partial charge in [-0.1, -0.05) is 18.1 Å². The first-order chi connectivity index (χ1) is 4.93. The molecular formula is C7H11N3. The summed E-state index contributed by atoms with van der Waals surface area (Å²) in [7, 11) is 0. The Hall–Kier alpha value is -0.600. The molecule has 2 fully saturated rings. The van der Waals surface area contributed by atoms with Gasteiger partial charge >= 0.3 is 0 Å². The lowest BCUT2D eigenvalue weighted by molar-refractivity contribution is 0.441. The van der Waals surface area contributed by atoms with E-state index in [0.717, 1.165) is 12.6 Å². The molecule has 3 aliphatic rings. The smallest absolute Gasteiger partial charge is 0.103 e. The van der Waals surface area contributed by atoms with Crippen LogP contribution in [0.2, 0.25) is 0 Å². The summed E-state index contributed by atoms with van der Waals surface area (Å²) in [6.45, 7) is 0.984. The van der Waals surface area contributed by atoms with Crippen molar-refractivity contribution in [3.8, 4) is 0 Å². The second-order valence-corrected chi connectivity index (χ2v) is 3.60. The molecule has 1 saturated carbocycles. The van der Waals surface area contributed by atoms with Gasteiger partial charge in [0.25, 0.3) is 0 Å². The van der Waals surface area contributed by atoms with Crippen molar-refractivity contribution in [2.45, 2.75) is 37.3 Å². The van der Waals surface area contributed by atoms with Gasteiger partial charge in [0.15, 0.2) is 0 Å². The highest BCUT2D eigenvalue weighted by Gasteiger charge is 2.66. The van der Waals surface area contributed by atoms with Gasteiger partial charge in [-0.2, -0.15) is 5.11 Å². The number of rotatable bonds is 0. The van der Waals surface area contributed by atoms with E-state index in [-0.39, 0.29) is 0 Å². The third kappa shape index (κ3) is 0.376. The van der Waals surface area contributed by atoms with Crippen LogP contribution in [0.1, 0.15) is 25.7 Å². The van der Waals surface area contributed by atoms with Crippen LogP contribution in [-0.4, -0.2) is 23.1 Å². The van der Waals surface area contributed by atoms with Crippen LogP contribution in [0.25, 0.3) is 0 Å². The molecule has 1 spiro atoms. The van der Waals surface area contributed by atoms with Crippen molar-refractivity contribution >= 4 is 0 Å². The molecule has 1 saturated heterocycles. The third-order valence-corrected chi connectivity index (χ3v) is 3.15. The topological polar surface area (TPSA) is 27.7 Å². The average molecular weight is 137 g/mol. The largest absolute Gasteiger partial charge is 0.263 e. The lowest BCUT2D eigenvalue weighted by atomic mass is 9.89. The van der Waals surface area contributed by atoms with E-state index in [1.807, 2.05) is 0 Å². The van der Waals surface area contributed by atoms with E-state index in [9.17, 15) is 0 Å². The van der Waals surface area contributed by atoms with Gasteiger partial charge in [0, 0.05) is 0 Å². The van der Waals surface area contributed by atoms with Crippen LogP contribution in [0.4, 0.5) is 0 Å². The maximum Gasteiger partial charge on any atom is 0.103 e. The first-order valence-electron chi connectivity index (χ1n) is 4.10. The quantitative estimate of drug-likeness (QED) is 0.463. The summed E-state index contributed by atoms with van der Waals surface area (Å²) in [5.41, 5.74) is 0.457. The molecule has 0 aromatic heterocycles. The first kappa shape index (κ1) is 5.10. The highest BCUT2D eigenvalue weighted by molar-refractivity contribution is 5.19. The van der Waals surface area contributed by atoms with Crippen molar-refractivity contribution < 1.29 is 0 Å². The summed E-state index contributed by atoms with van der Waals surface area (Å²) in [5, 5.41) is 10.4. The standard InChI is InChI=1S/C7H11N3/c1-2-4-7-5-8-9-10(7)6(7)3-1/h6H,1-5H2. The van der Waals surface area contributed by atoms with Gasteiger partial charge in [0.2, 0.25) is 0 Å². The Morgan fingerprint density at radius 2 is 2.40 bits per heavy atom. The predicted octanol–water partition coefficient (Wildman–Crippen LogP) is 1.36. The predicted molar refractivity (Wildman–Crippen MR) is 36.5 cm³/mol. The van der Waals surface area contributed by atoms with Crippen molar-refractivity contribution in [3.63, 3.8) is 0 Å². The zero-order valence-corrected chi connectivity index (χ0v) is 5.95. The van der Waals surface area contributed by atoms with Crippen molar-refractivity contribution in [2.24, 2.45) is 10.3 Å². The zero-order chi connectivity index (χ0) is 6.60. The summed E-state index contributed by atoms with van der Waals surface area (Å²) in [4.78, 5) is 0. The second-order valence-electron chi connectivity index (χ2n) is 3.60. The minimum absolute atomic E-state index is 0.457. The normalized spacial score (nSPS) is 48.8. The Balaban J connectivity index is 1.93. The van der Waals surface area contributed by atoms with E-state index in [4.69, 9.17) is 0 Å². The lowest BCUT2D eigenvalue weighted by Gasteiger charge is -2.12. The van der Waals surface area contributed by atoms with Gasteiger partial charge in [-0.25, -0.2) is 0 Å². The molecule has 54 valence electrons. The minimum Gasteiger partial charge on any atom is -0.263 e. The Morgan fingerprint density at radius 1 is 1.40 bits per heavy atom. The van der Waals surface area contributed by atoms with E-state index < -0.39 is 0 Å². The van der Waals surface area contributed by atoms with Gasteiger partial charge in [-0.3, -0.25) is 5.01 Å². The van der Waals surface area contributed by atoms with Crippen molar-refractivity contribution in [3.05, 3.63) is 0 Å². The molecule has 0 aromatic rings. The van der Waals surface area contributed by atoms with E-state index in [2.05, 4.69) is 15.3 Å². The van der Waals surface area contributed by atoms with Crippen molar-refractivity contribution in [1.29, 1.82) is 0 Å². The second kappa shape index (κ2) is 1.36. The van der Waals surface area contributed by atoms with Crippen LogP contribution in [-0.2, 0) is 0 Å². The summed E-state index contributed by atoms with van der Waals surface area (Å²) in [5.74, 6) is 0. The highest BCUT2D eigenvalue weighted by Crippen LogP contribution is 2.54. The van der Waals surface area contributed by atoms with Crippen LogP contribution in [0.15, 0.2) is 10.3 Å². The zero-order valence-electron chi connectivity index (χ0n) is 5.95. The average Bonchev–Trinajstić information content (AvgIpc) is 2.44. The van der Waals surface area contributed by atoms with E-state index in [0.29, 0.717) is 5.54 Å². The Kier molecular flexibility index (Phi) is 0.693. The van der Waals surface area contributed by atoms with E-state index >= 15 is 0 Å². The molecule has 0 N–H and O–H groups in total.